The van der Waals surface area contributed by atoms with Gasteiger partial charge in [-0.25, -0.2) is 8.42 Å². The number of nitrogens with one attached hydrogen (secondary N) is 1. The van der Waals surface area contributed by atoms with Gasteiger partial charge in [0.15, 0.2) is 0 Å². The highest BCUT2D eigenvalue weighted by Gasteiger charge is 2.31. The van der Waals surface area contributed by atoms with Crippen molar-refractivity contribution in [1.82, 2.24) is 14.5 Å². The summed E-state index contributed by atoms with van der Waals surface area (Å²) in [4.78, 5) is 29.8. The molecule has 0 spiro atoms. The van der Waals surface area contributed by atoms with E-state index >= 15 is 0 Å². The Kier molecular flexibility index (Phi) is 11.3. The number of amides is 2. The maximum atomic E-state index is 14.0. The summed E-state index contributed by atoms with van der Waals surface area (Å²) < 4.78 is 38.5. The lowest BCUT2D eigenvalue weighted by Gasteiger charge is -2.32. The van der Waals surface area contributed by atoms with Gasteiger partial charge in [-0.3, -0.25) is 9.59 Å². The number of rotatable bonds is 14. The molecule has 2 fully saturated rings. The topological polar surface area (TPSA) is 105 Å². The van der Waals surface area contributed by atoms with Crippen molar-refractivity contribution < 1.29 is 27.5 Å². The third-order valence-electron chi connectivity index (χ3n) is 8.56. The van der Waals surface area contributed by atoms with Gasteiger partial charge in [0.25, 0.3) is 0 Å². The molecule has 10 heteroatoms. The van der Waals surface area contributed by atoms with E-state index in [-0.39, 0.29) is 35.8 Å². The zero-order chi connectivity index (χ0) is 31.6. The molecule has 3 aromatic rings. The Morgan fingerprint density at radius 1 is 0.933 bits per heavy atom. The fraction of sp³-hybridized carbons (Fsp3) is 0.429. The van der Waals surface area contributed by atoms with E-state index in [1.807, 2.05) is 54.6 Å². The van der Waals surface area contributed by atoms with Crippen LogP contribution in [-0.2, 0) is 43.7 Å². The maximum absolute atomic E-state index is 14.0. The van der Waals surface area contributed by atoms with E-state index < -0.39 is 16.1 Å². The second kappa shape index (κ2) is 15.5. The Morgan fingerprint density at radius 3 is 2.27 bits per heavy atom. The van der Waals surface area contributed by atoms with Crippen molar-refractivity contribution >= 4 is 21.8 Å². The molecule has 240 valence electrons. The summed E-state index contributed by atoms with van der Waals surface area (Å²) in [7, 11) is -1.90. The minimum Gasteiger partial charge on any atom is -0.497 e. The number of carbonyl (C=O) groups excluding carboxylic acids is 2. The van der Waals surface area contributed by atoms with Gasteiger partial charge in [-0.05, 0) is 73.1 Å². The zero-order valence-electron chi connectivity index (χ0n) is 25.9. The molecule has 0 aliphatic carbocycles. The Hall–Kier alpha value is -3.73. The predicted octanol–water partition coefficient (Wildman–Crippen LogP) is 4.35. The van der Waals surface area contributed by atoms with Gasteiger partial charge in [0.2, 0.25) is 21.8 Å². The Labute approximate surface area is 266 Å². The van der Waals surface area contributed by atoms with E-state index in [9.17, 15) is 18.0 Å². The summed E-state index contributed by atoms with van der Waals surface area (Å²) in [6.07, 6.45) is 4.56. The maximum Gasteiger partial charge on any atom is 0.243 e. The monoisotopic (exact) mass is 633 g/mol. The van der Waals surface area contributed by atoms with E-state index in [0.717, 1.165) is 42.4 Å². The molecule has 5 rings (SSSR count). The largest absolute Gasteiger partial charge is 0.497 e. The quantitative estimate of drug-likeness (QED) is 0.283. The molecule has 0 aromatic heterocycles. The normalized spacial score (nSPS) is 17.6. The fourth-order valence-electron chi connectivity index (χ4n) is 5.92. The molecule has 2 aliphatic rings. The number of carbonyl (C=O) groups is 2. The average Bonchev–Trinajstić information content (AvgIpc) is 3.81. The van der Waals surface area contributed by atoms with Crippen LogP contribution in [-0.4, -0.2) is 74.9 Å². The molecule has 0 saturated carbocycles. The molecule has 2 amide bonds. The number of hydrogen-bond donors (Lipinski definition) is 1. The van der Waals surface area contributed by atoms with Crippen LogP contribution in [0.1, 0.15) is 48.8 Å². The Morgan fingerprint density at radius 2 is 1.62 bits per heavy atom. The van der Waals surface area contributed by atoms with Gasteiger partial charge in [0, 0.05) is 45.6 Å². The lowest BCUT2D eigenvalue weighted by Crippen LogP contribution is -2.51. The number of methoxy groups -OCH3 is 1. The lowest BCUT2D eigenvalue weighted by atomic mass is 10.0. The Balaban J connectivity index is 1.35. The molecule has 2 unspecified atom stereocenters. The molecule has 0 radical (unpaired) electrons. The average molecular weight is 634 g/mol. The first kappa shape index (κ1) is 32.7. The number of benzene rings is 3. The van der Waals surface area contributed by atoms with Crippen LogP contribution in [0.3, 0.4) is 0 Å². The molecular weight excluding hydrogens is 590 g/mol. The van der Waals surface area contributed by atoms with Gasteiger partial charge in [-0.15, -0.1) is 0 Å². The molecular formula is C35H43N3O6S. The number of sulfonamides is 1. The molecule has 45 heavy (non-hydrogen) atoms. The molecule has 2 aliphatic heterocycles. The van der Waals surface area contributed by atoms with Gasteiger partial charge >= 0.3 is 0 Å². The van der Waals surface area contributed by atoms with Crippen molar-refractivity contribution in [3.05, 3.63) is 95.6 Å². The lowest BCUT2D eigenvalue weighted by molar-refractivity contribution is -0.141. The molecule has 2 saturated heterocycles. The van der Waals surface area contributed by atoms with Crippen molar-refractivity contribution in [3.63, 3.8) is 0 Å². The summed E-state index contributed by atoms with van der Waals surface area (Å²) in [5, 5.41) is 3.06. The third-order valence-corrected chi connectivity index (χ3v) is 10.5. The summed E-state index contributed by atoms with van der Waals surface area (Å²) >= 11 is 0. The molecule has 2 atom stereocenters. The number of hydrogen-bond acceptors (Lipinski definition) is 6. The highest BCUT2D eigenvalue weighted by atomic mass is 32.2. The van der Waals surface area contributed by atoms with E-state index in [0.29, 0.717) is 44.8 Å². The van der Waals surface area contributed by atoms with Crippen LogP contribution in [0.25, 0.3) is 0 Å². The first-order valence-corrected chi connectivity index (χ1v) is 17.2. The van der Waals surface area contributed by atoms with Crippen molar-refractivity contribution in [2.45, 2.75) is 68.5 Å². The van der Waals surface area contributed by atoms with Crippen molar-refractivity contribution in [2.24, 2.45) is 0 Å². The van der Waals surface area contributed by atoms with Gasteiger partial charge in [0.05, 0.1) is 18.1 Å². The standard InChI is InChI=1S/C35H43N3O6S/c1-43-30-16-11-29(12-17-30)26-38(33(24-28-8-3-2-4-9-28)35(40)36-25-31-10-7-23-44-31)34(39)20-15-27-13-18-32(19-14-27)45(41,42)37-21-5-6-22-37/h2-4,8-9,11-14,16-19,31,33H,5-7,10,15,20-26H2,1H3,(H,36,40). The van der Waals surface area contributed by atoms with E-state index in [1.54, 1.807) is 36.3 Å². The number of aryl methyl sites for hydroxylation is 1. The summed E-state index contributed by atoms with van der Waals surface area (Å²) in [6.45, 7) is 2.45. The Bertz CT molecular complexity index is 1500. The second-order valence-corrected chi connectivity index (χ2v) is 13.6. The first-order chi connectivity index (χ1) is 21.8. The second-order valence-electron chi connectivity index (χ2n) is 11.7. The van der Waals surface area contributed by atoms with Crippen LogP contribution in [0.5, 0.6) is 5.75 Å². The van der Waals surface area contributed by atoms with E-state index in [4.69, 9.17) is 9.47 Å². The van der Waals surface area contributed by atoms with Crippen LogP contribution in [0.2, 0.25) is 0 Å². The summed E-state index contributed by atoms with van der Waals surface area (Å²) in [5.74, 6) is 0.336. The van der Waals surface area contributed by atoms with Gasteiger partial charge < -0.3 is 19.7 Å². The van der Waals surface area contributed by atoms with Crippen LogP contribution in [0, 0.1) is 0 Å². The van der Waals surface area contributed by atoms with Crippen LogP contribution in [0.4, 0.5) is 0 Å². The molecule has 0 bridgehead atoms. The highest BCUT2D eigenvalue weighted by Crippen LogP contribution is 2.23. The first-order valence-electron chi connectivity index (χ1n) is 15.8. The van der Waals surface area contributed by atoms with E-state index in [1.165, 1.54) is 4.31 Å². The van der Waals surface area contributed by atoms with Gasteiger partial charge in [-0.1, -0.05) is 54.6 Å². The fourth-order valence-corrected chi connectivity index (χ4v) is 7.44. The van der Waals surface area contributed by atoms with Crippen molar-refractivity contribution in [1.29, 1.82) is 0 Å². The van der Waals surface area contributed by atoms with Gasteiger partial charge in [-0.2, -0.15) is 4.31 Å². The molecule has 9 nitrogen and oxygen atoms in total. The minimum absolute atomic E-state index is 0.0191. The van der Waals surface area contributed by atoms with Gasteiger partial charge in [0.1, 0.15) is 11.8 Å². The number of nitrogens with zero attached hydrogens (tertiary/aromatic N) is 2. The van der Waals surface area contributed by atoms with E-state index in [2.05, 4.69) is 5.32 Å². The summed E-state index contributed by atoms with van der Waals surface area (Å²) in [6, 6.07) is 23.3. The molecule has 2 heterocycles. The molecule has 3 aromatic carbocycles. The van der Waals surface area contributed by atoms with Crippen LogP contribution in [0.15, 0.2) is 83.8 Å². The summed E-state index contributed by atoms with van der Waals surface area (Å²) in [5.41, 5.74) is 2.69. The highest BCUT2D eigenvalue weighted by molar-refractivity contribution is 7.89. The predicted molar refractivity (Wildman–Crippen MR) is 172 cm³/mol. The SMILES string of the molecule is COc1ccc(CN(C(=O)CCc2ccc(S(=O)(=O)N3CCCC3)cc2)C(Cc2ccccc2)C(=O)NCC2CCCO2)cc1. The smallest absolute Gasteiger partial charge is 0.243 e. The number of ether oxygens (including phenoxy) is 2. The van der Waals surface area contributed by atoms with Crippen LogP contribution >= 0.6 is 0 Å². The van der Waals surface area contributed by atoms with Crippen molar-refractivity contribution in [2.75, 3.05) is 33.4 Å². The zero-order valence-corrected chi connectivity index (χ0v) is 26.7. The minimum atomic E-state index is -3.51. The van der Waals surface area contributed by atoms with Crippen molar-refractivity contribution in [3.8, 4) is 5.75 Å². The third kappa shape index (κ3) is 8.71. The van der Waals surface area contributed by atoms with Crippen LogP contribution < -0.4 is 10.1 Å². The molecule has 1 N–H and O–H groups in total.